The van der Waals surface area contributed by atoms with E-state index in [4.69, 9.17) is 35.4 Å². The number of nitrogens with zero attached hydrogens (tertiary/aromatic N) is 1. The summed E-state index contributed by atoms with van der Waals surface area (Å²) in [7, 11) is 0. The molecule has 22 heteroatoms. The van der Waals surface area contributed by atoms with Crippen molar-refractivity contribution >= 4 is 29.7 Å². The van der Waals surface area contributed by atoms with Gasteiger partial charge in [-0.15, -0.1) is 0 Å². The fourth-order valence-corrected chi connectivity index (χ4v) is 4.48. The van der Waals surface area contributed by atoms with Crippen LogP contribution in [0.15, 0.2) is 30.3 Å². The minimum Gasteiger partial charge on any atom is -0.475 e. The zero-order valence-electron chi connectivity index (χ0n) is 29.5. The maximum atomic E-state index is 13.4. The number of halogens is 9. The fraction of sp³-hybridized carbons (Fsp3) is 0.656. The number of aliphatic carboxylic acids is 3. The topological polar surface area (TPSA) is 211 Å². The molecule has 312 valence electrons. The third kappa shape index (κ3) is 23.5. The number of carbonyl (C=O) groups is 5. The van der Waals surface area contributed by atoms with E-state index in [0.717, 1.165) is 70.4 Å². The number of piperidine rings is 1. The monoisotopic (exact) mass is 801 g/mol. The van der Waals surface area contributed by atoms with Crippen molar-refractivity contribution in [3.8, 4) is 0 Å². The summed E-state index contributed by atoms with van der Waals surface area (Å²) in [5, 5.41) is 31.4. The summed E-state index contributed by atoms with van der Waals surface area (Å²) in [6.45, 7) is 8.67. The first kappa shape index (κ1) is 51.9. The lowest BCUT2D eigenvalue weighted by atomic mass is 9.72. The van der Waals surface area contributed by atoms with Gasteiger partial charge in [-0.2, -0.15) is 39.5 Å². The Labute approximate surface area is 305 Å². The van der Waals surface area contributed by atoms with E-state index in [2.05, 4.69) is 28.1 Å². The molecule has 2 amide bonds. The fourth-order valence-electron chi connectivity index (χ4n) is 4.48. The molecular weight excluding hydrogens is 753 g/mol. The molecule has 1 aromatic rings. The number of carbonyl (C=O) groups excluding carboxylic acids is 2. The number of alkyl halides is 9. The second-order valence-corrected chi connectivity index (χ2v) is 11.4. The van der Waals surface area contributed by atoms with Gasteiger partial charge in [0.2, 0.25) is 11.8 Å². The second kappa shape index (κ2) is 26.6. The van der Waals surface area contributed by atoms with E-state index in [0.29, 0.717) is 38.9 Å². The highest BCUT2D eigenvalue weighted by atomic mass is 19.4. The Morgan fingerprint density at radius 1 is 0.685 bits per heavy atom. The highest BCUT2D eigenvalue weighted by Gasteiger charge is 2.43. The van der Waals surface area contributed by atoms with Gasteiger partial charge in [-0.3, -0.25) is 9.59 Å². The molecule has 1 aromatic carbocycles. The summed E-state index contributed by atoms with van der Waals surface area (Å²) in [5.41, 5.74) is 5.99. The molecule has 54 heavy (non-hydrogen) atoms. The lowest BCUT2D eigenvalue weighted by Crippen LogP contribution is -2.53. The highest BCUT2D eigenvalue weighted by Crippen LogP contribution is 2.36. The quantitative estimate of drug-likeness (QED) is 0.0936. The van der Waals surface area contributed by atoms with E-state index in [-0.39, 0.29) is 11.8 Å². The Kier molecular flexibility index (Phi) is 25.5. The van der Waals surface area contributed by atoms with Crippen LogP contribution in [0.2, 0.25) is 0 Å². The third-order valence-electron chi connectivity index (χ3n) is 7.25. The van der Waals surface area contributed by atoms with Gasteiger partial charge < -0.3 is 41.9 Å². The average Bonchev–Trinajstić information content (AvgIpc) is 3.08. The third-order valence-corrected chi connectivity index (χ3v) is 7.25. The number of rotatable bonds is 16. The van der Waals surface area contributed by atoms with Gasteiger partial charge in [0, 0.05) is 26.1 Å². The molecule has 0 spiro atoms. The second-order valence-electron chi connectivity index (χ2n) is 11.4. The molecule has 0 atom stereocenters. The number of nitrogens with one attached hydrogen (secondary N) is 3. The molecule has 13 nitrogen and oxygen atoms in total. The first-order chi connectivity index (χ1) is 25.0. The van der Waals surface area contributed by atoms with Crippen LogP contribution in [0, 0.1) is 0 Å². The Morgan fingerprint density at radius 2 is 1.07 bits per heavy atom. The molecule has 1 aliphatic rings. The number of likely N-dealkylation sites (tertiary alicyclic amines) is 1. The van der Waals surface area contributed by atoms with Crippen LogP contribution in [0.25, 0.3) is 0 Å². The first-order valence-corrected chi connectivity index (χ1v) is 16.6. The Bertz CT molecular complexity index is 1190. The van der Waals surface area contributed by atoms with E-state index in [1.54, 1.807) is 0 Å². The first-order valence-electron chi connectivity index (χ1n) is 16.6. The molecule has 1 heterocycles. The molecule has 1 fully saturated rings. The van der Waals surface area contributed by atoms with Crippen LogP contribution in [-0.4, -0.2) is 121 Å². The van der Waals surface area contributed by atoms with Gasteiger partial charge in [-0.05, 0) is 83.2 Å². The maximum Gasteiger partial charge on any atom is 0.490 e. The number of benzene rings is 1. The summed E-state index contributed by atoms with van der Waals surface area (Å²) < 4.78 is 95.2. The van der Waals surface area contributed by atoms with Crippen LogP contribution in [0.3, 0.4) is 0 Å². The van der Waals surface area contributed by atoms with Crippen molar-refractivity contribution in [2.24, 2.45) is 5.73 Å². The van der Waals surface area contributed by atoms with Crippen molar-refractivity contribution in [3.05, 3.63) is 35.9 Å². The van der Waals surface area contributed by atoms with Crippen LogP contribution in [-0.2, 0) is 29.4 Å². The van der Waals surface area contributed by atoms with Crippen LogP contribution in [0.5, 0.6) is 0 Å². The van der Waals surface area contributed by atoms with Crippen molar-refractivity contribution in [2.75, 3.05) is 52.4 Å². The number of nitrogens with two attached hydrogens (primary N) is 1. The summed E-state index contributed by atoms with van der Waals surface area (Å²) in [5.74, 6) is -7.97. The summed E-state index contributed by atoms with van der Waals surface area (Å²) >= 11 is 0. The molecule has 0 unspecified atom stereocenters. The van der Waals surface area contributed by atoms with Crippen molar-refractivity contribution in [3.63, 3.8) is 0 Å². The lowest BCUT2D eigenvalue weighted by Gasteiger charge is -2.41. The van der Waals surface area contributed by atoms with E-state index < -0.39 is 41.9 Å². The number of unbranched alkanes of at least 4 members (excludes halogenated alkanes) is 1. The molecule has 8 N–H and O–H groups in total. The normalized spacial score (nSPS) is 13.8. The molecule has 0 aliphatic carbocycles. The van der Waals surface area contributed by atoms with Crippen molar-refractivity contribution in [2.45, 2.75) is 82.2 Å². The number of hydrogen-bond donors (Lipinski definition) is 7. The summed E-state index contributed by atoms with van der Waals surface area (Å²) in [6.07, 6.45) is -8.21. The Morgan fingerprint density at radius 3 is 1.44 bits per heavy atom. The van der Waals surface area contributed by atoms with E-state index in [1.165, 1.54) is 0 Å². The molecule has 0 saturated carbocycles. The Hall–Kier alpha value is -4.18. The molecular formula is C32H48F9N5O8. The van der Waals surface area contributed by atoms with Gasteiger partial charge in [-0.25, -0.2) is 14.4 Å². The maximum absolute atomic E-state index is 13.4. The largest absolute Gasteiger partial charge is 0.490 e. The predicted octanol–water partition coefficient (Wildman–Crippen LogP) is 4.06. The summed E-state index contributed by atoms with van der Waals surface area (Å²) in [4.78, 5) is 54.3. The molecule has 0 aromatic heterocycles. The molecule has 0 radical (unpaired) electrons. The van der Waals surface area contributed by atoms with Gasteiger partial charge >= 0.3 is 36.4 Å². The molecule has 1 aliphatic heterocycles. The van der Waals surface area contributed by atoms with Crippen molar-refractivity contribution < 1.29 is 78.8 Å². The highest BCUT2D eigenvalue weighted by molar-refractivity contribution is 5.89. The van der Waals surface area contributed by atoms with Crippen molar-refractivity contribution in [1.29, 1.82) is 0 Å². The van der Waals surface area contributed by atoms with Gasteiger partial charge in [-0.1, -0.05) is 37.3 Å². The van der Waals surface area contributed by atoms with E-state index in [1.807, 2.05) is 30.0 Å². The SMILES string of the molecule is CCCC(=O)N1CCC(C(=O)NCCCNCCCCNCCCN)(c2ccccc2)CC1.O=C(O)C(F)(F)F.O=C(O)C(F)(F)F.O=C(O)C(F)(F)F. The number of carboxylic acid groups (broad SMARTS) is 3. The van der Waals surface area contributed by atoms with Crippen LogP contribution in [0.1, 0.15) is 63.9 Å². The summed E-state index contributed by atoms with van der Waals surface area (Å²) in [6, 6.07) is 10.1. The van der Waals surface area contributed by atoms with Crippen LogP contribution in [0.4, 0.5) is 39.5 Å². The minimum atomic E-state index is -5.08. The lowest BCUT2D eigenvalue weighted by molar-refractivity contribution is -0.193. The molecule has 1 saturated heterocycles. The van der Waals surface area contributed by atoms with Crippen LogP contribution < -0.4 is 21.7 Å². The zero-order chi connectivity index (χ0) is 42.0. The smallest absolute Gasteiger partial charge is 0.475 e. The van der Waals surface area contributed by atoms with Gasteiger partial charge in [0.05, 0.1) is 5.41 Å². The van der Waals surface area contributed by atoms with E-state index >= 15 is 0 Å². The zero-order valence-corrected chi connectivity index (χ0v) is 29.5. The number of hydrogen-bond acceptors (Lipinski definition) is 8. The average molecular weight is 802 g/mol. The molecule has 2 rings (SSSR count). The standard InChI is InChI=1S/C26H45N5O2.3C2HF3O2/c1-2-10-24(32)31-21-13-26(14-22-31,23-11-4-3-5-12-23)25(33)30-20-9-19-29-17-7-6-16-28-18-8-15-27;3*3-2(4,5)1(6)7/h3-5,11-12,28-29H,2,6-10,13-22,27H2,1H3,(H,30,33);3*(H,6,7). The van der Waals surface area contributed by atoms with Gasteiger partial charge in [0.15, 0.2) is 0 Å². The minimum absolute atomic E-state index is 0.0971. The van der Waals surface area contributed by atoms with Crippen molar-refractivity contribution in [1.82, 2.24) is 20.9 Å². The van der Waals surface area contributed by atoms with Gasteiger partial charge in [0.1, 0.15) is 0 Å². The number of carboxylic acids is 3. The predicted molar refractivity (Wildman–Crippen MR) is 176 cm³/mol. The van der Waals surface area contributed by atoms with E-state index in [9.17, 15) is 49.1 Å². The molecule has 0 bridgehead atoms. The number of amides is 2. The Balaban J connectivity index is 0. The van der Waals surface area contributed by atoms with Gasteiger partial charge in [0.25, 0.3) is 0 Å². The van der Waals surface area contributed by atoms with Crippen LogP contribution >= 0.6 is 0 Å².